The van der Waals surface area contributed by atoms with Crippen molar-refractivity contribution in [2.45, 2.75) is 19.9 Å². The van der Waals surface area contributed by atoms with Gasteiger partial charge in [-0.25, -0.2) is 4.98 Å². The molecule has 0 fully saturated rings. The Morgan fingerprint density at radius 3 is 2.86 bits per heavy atom. The molecule has 1 aromatic heterocycles. The lowest BCUT2D eigenvalue weighted by atomic mass is 10.2. The molecular weight excluding hydrogens is 174 g/mol. The van der Waals surface area contributed by atoms with E-state index in [1.165, 1.54) is 5.56 Å². The summed E-state index contributed by atoms with van der Waals surface area (Å²) in [5, 5.41) is 3.33. The molecule has 0 atom stereocenters. The Morgan fingerprint density at radius 1 is 1.43 bits per heavy atom. The number of nitrogens with zero attached hydrogens (tertiary/aromatic N) is 2. The van der Waals surface area contributed by atoms with Crippen LogP contribution in [0.2, 0.25) is 0 Å². The second kappa shape index (κ2) is 5.60. The zero-order chi connectivity index (χ0) is 10.4. The fraction of sp³-hybridized carbons (Fsp3) is 0.545. The largest absolute Gasteiger partial charge is 0.370 e. The molecule has 0 aliphatic carbocycles. The van der Waals surface area contributed by atoms with Gasteiger partial charge in [0.25, 0.3) is 0 Å². The molecule has 0 unspecified atom stereocenters. The van der Waals surface area contributed by atoms with E-state index >= 15 is 0 Å². The molecule has 0 spiro atoms. The normalized spacial score (nSPS) is 10.6. The summed E-state index contributed by atoms with van der Waals surface area (Å²) in [5.41, 5.74) is 1.26. The van der Waals surface area contributed by atoms with Crippen LogP contribution in [0.5, 0.6) is 0 Å². The highest BCUT2D eigenvalue weighted by Crippen LogP contribution is 2.12. The summed E-state index contributed by atoms with van der Waals surface area (Å²) in [6.45, 7) is 4.07. The molecular formula is C11H19N3. The van der Waals surface area contributed by atoms with E-state index in [0.717, 1.165) is 25.3 Å². The highest BCUT2D eigenvalue weighted by Gasteiger charge is 2.02. The van der Waals surface area contributed by atoms with Crippen molar-refractivity contribution in [1.82, 2.24) is 9.88 Å². The summed E-state index contributed by atoms with van der Waals surface area (Å²) in [6, 6.07) is 4.10. The van der Waals surface area contributed by atoms with Crippen molar-refractivity contribution in [1.29, 1.82) is 0 Å². The minimum atomic E-state index is 0.930. The van der Waals surface area contributed by atoms with Gasteiger partial charge in [-0.15, -0.1) is 0 Å². The number of pyridine rings is 1. The van der Waals surface area contributed by atoms with Crippen molar-refractivity contribution in [3.63, 3.8) is 0 Å². The maximum absolute atomic E-state index is 4.33. The zero-order valence-corrected chi connectivity index (χ0v) is 9.25. The third kappa shape index (κ3) is 3.34. The van der Waals surface area contributed by atoms with Crippen LogP contribution in [0.1, 0.15) is 18.9 Å². The van der Waals surface area contributed by atoms with Gasteiger partial charge in [0.05, 0.1) is 0 Å². The molecule has 14 heavy (non-hydrogen) atoms. The van der Waals surface area contributed by atoms with Crippen LogP contribution in [0, 0.1) is 0 Å². The molecule has 0 aliphatic heterocycles. The first kappa shape index (κ1) is 11.0. The van der Waals surface area contributed by atoms with Crippen molar-refractivity contribution in [2.75, 3.05) is 26.0 Å². The molecule has 0 amide bonds. The summed E-state index contributed by atoms with van der Waals surface area (Å²) in [4.78, 5) is 6.48. The molecule has 0 saturated heterocycles. The number of anilines is 1. The molecule has 1 N–H and O–H groups in total. The maximum atomic E-state index is 4.33. The standard InChI is InChI=1S/C11H19N3/c1-4-7-12-11-10(9-14(2)3)6-5-8-13-11/h5-6,8H,4,7,9H2,1-3H3,(H,12,13). The van der Waals surface area contributed by atoms with E-state index in [1.54, 1.807) is 0 Å². The molecule has 3 heteroatoms. The first-order valence-corrected chi connectivity index (χ1v) is 5.06. The zero-order valence-electron chi connectivity index (χ0n) is 9.25. The Kier molecular flexibility index (Phi) is 4.40. The lowest BCUT2D eigenvalue weighted by Crippen LogP contribution is -2.13. The van der Waals surface area contributed by atoms with Crippen LogP contribution in [0.3, 0.4) is 0 Å². The van der Waals surface area contributed by atoms with Crippen molar-refractivity contribution in [3.05, 3.63) is 23.9 Å². The number of hydrogen-bond donors (Lipinski definition) is 1. The van der Waals surface area contributed by atoms with E-state index in [1.807, 2.05) is 12.3 Å². The summed E-state index contributed by atoms with van der Waals surface area (Å²) in [6.07, 6.45) is 2.95. The lowest BCUT2D eigenvalue weighted by molar-refractivity contribution is 0.402. The molecule has 3 nitrogen and oxygen atoms in total. The lowest BCUT2D eigenvalue weighted by Gasteiger charge is -2.13. The minimum Gasteiger partial charge on any atom is -0.370 e. The number of rotatable bonds is 5. The fourth-order valence-corrected chi connectivity index (χ4v) is 1.31. The minimum absolute atomic E-state index is 0.930. The van der Waals surface area contributed by atoms with Crippen LogP contribution in [-0.4, -0.2) is 30.5 Å². The summed E-state index contributed by atoms with van der Waals surface area (Å²) in [5.74, 6) is 1.02. The quantitative estimate of drug-likeness (QED) is 0.775. The predicted molar refractivity (Wildman–Crippen MR) is 60.4 cm³/mol. The van der Waals surface area contributed by atoms with E-state index in [0.29, 0.717) is 0 Å². The topological polar surface area (TPSA) is 28.2 Å². The van der Waals surface area contributed by atoms with E-state index in [2.05, 4.69) is 42.3 Å². The SMILES string of the molecule is CCCNc1ncccc1CN(C)C. The van der Waals surface area contributed by atoms with Crippen LogP contribution >= 0.6 is 0 Å². The molecule has 0 bridgehead atoms. The van der Waals surface area contributed by atoms with E-state index < -0.39 is 0 Å². The molecule has 1 aromatic rings. The van der Waals surface area contributed by atoms with Crippen molar-refractivity contribution < 1.29 is 0 Å². The number of aromatic nitrogens is 1. The molecule has 0 saturated carbocycles. The first-order valence-electron chi connectivity index (χ1n) is 5.06. The Hall–Kier alpha value is -1.09. The second-order valence-corrected chi connectivity index (χ2v) is 3.68. The van der Waals surface area contributed by atoms with Gasteiger partial charge in [0, 0.05) is 24.8 Å². The van der Waals surface area contributed by atoms with Crippen LogP contribution in [-0.2, 0) is 6.54 Å². The summed E-state index contributed by atoms with van der Waals surface area (Å²) >= 11 is 0. The van der Waals surface area contributed by atoms with Crippen molar-refractivity contribution in [2.24, 2.45) is 0 Å². The van der Waals surface area contributed by atoms with Gasteiger partial charge in [-0.2, -0.15) is 0 Å². The van der Waals surface area contributed by atoms with Gasteiger partial charge in [0.2, 0.25) is 0 Å². The summed E-state index contributed by atoms with van der Waals surface area (Å²) in [7, 11) is 4.13. The summed E-state index contributed by atoms with van der Waals surface area (Å²) < 4.78 is 0. The Balaban J connectivity index is 2.69. The molecule has 0 radical (unpaired) electrons. The highest BCUT2D eigenvalue weighted by atomic mass is 15.1. The highest BCUT2D eigenvalue weighted by molar-refractivity contribution is 5.43. The number of hydrogen-bond acceptors (Lipinski definition) is 3. The van der Waals surface area contributed by atoms with Gasteiger partial charge >= 0.3 is 0 Å². The first-order chi connectivity index (χ1) is 6.74. The molecule has 1 rings (SSSR count). The van der Waals surface area contributed by atoms with Crippen LogP contribution in [0.25, 0.3) is 0 Å². The third-order valence-electron chi connectivity index (χ3n) is 1.92. The average Bonchev–Trinajstić information content (AvgIpc) is 2.16. The van der Waals surface area contributed by atoms with Gasteiger partial charge in [0.15, 0.2) is 0 Å². The average molecular weight is 193 g/mol. The van der Waals surface area contributed by atoms with Crippen molar-refractivity contribution >= 4 is 5.82 Å². The Morgan fingerprint density at radius 2 is 2.21 bits per heavy atom. The monoisotopic (exact) mass is 193 g/mol. The Bertz CT molecular complexity index is 271. The van der Waals surface area contributed by atoms with Crippen LogP contribution in [0.4, 0.5) is 5.82 Å². The Labute approximate surface area is 86.2 Å². The van der Waals surface area contributed by atoms with Gasteiger partial charge in [-0.1, -0.05) is 13.0 Å². The van der Waals surface area contributed by atoms with Gasteiger partial charge in [-0.05, 0) is 26.6 Å². The van der Waals surface area contributed by atoms with E-state index in [9.17, 15) is 0 Å². The van der Waals surface area contributed by atoms with E-state index in [4.69, 9.17) is 0 Å². The van der Waals surface area contributed by atoms with Gasteiger partial charge < -0.3 is 10.2 Å². The smallest absolute Gasteiger partial charge is 0.130 e. The van der Waals surface area contributed by atoms with Crippen LogP contribution in [0.15, 0.2) is 18.3 Å². The molecule has 78 valence electrons. The predicted octanol–water partition coefficient (Wildman–Crippen LogP) is 1.97. The van der Waals surface area contributed by atoms with Crippen LogP contribution < -0.4 is 5.32 Å². The van der Waals surface area contributed by atoms with E-state index in [-0.39, 0.29) is 0 Å². The fourth-order valence-electron chi connectivity index (χ4n) is 1.31. The van der Waals surface area contributed by atoms with Gasteiger partial charge in [0.1, 0.15) is 5.82 Å². The van der Waals surface area contributed by atoms with Gasteiger partial charge in [-0.3, -0.25) is 0 Å². The number of nitrogens with one attached hydrogen (secondary N) is 1. The molecule has 1 heterocycles. The maximum Gasteiger partial charge on any atom is 0.130 e. The second-order valence-electron chi connectivity index (χ2n) is 3.68. The molecule has 0 aromatic carbocycles. The van der Waals surface area contributed by atoms with Crippen molar-refractivity contribution in [3.8, 4) is 0 Å². The third-order valence-corrected chi connectivity index (χ3v) is 1.92. The molecule has 0 aliphatic rings.